The Morgan fingerprint density at radius 1 is 1.08 bits per heavy atom. The van der Waals surface area contributed by atoms with Crippen molar-refractivity contribution in [2.75, 3.05) is 5.01 Å². The molecule has 0 fully saturated rings. The van der Waals surface area contributed by atoms with Crippen LogP contribution in [0.25, 0.3) is 0 Å². The molecule has 3 aromatic rings. The second kappa shape index (κ2) is 6.84. The molecule has 4 rings (SSSR count). The molecule has 0 saturated carbocycles. The van der Waals surface area contributed by atoms with Gasteiger partial charge in [0.05, 0.1) is 22.3 Å². The maximum absolute atomic E-state index is 11.8. The number of thiazole rings is 1. The second-order valence-corrected chi connectivity index (χ2v) is 7.33. The first-order chi connectivity index (χ1) is 12.6. The Kier molecular flexibility index (Phi) is 4.39. The van der Waals surface area contributed by atoms with E-state index in [4.69, 9.17) is 5.10 Å². The zero-order valence-corrected chi connectivity index (χ0v) is 15.5. The van der Waals surface area contributed by atoms with Crippen molar-refractivity contribution in [3.05, 3.63) is 82.4 Å². The summed E-state index contributed by atoms with van der Waals surface area (Å²) in [6, 6.07) is 20.6. The average Bonchev–Trinajstić information content (AvgIpc) is 3.27. The third kappa shape index (κ3) is 3.06. The zero-order chi connectivity index (χ0) is 18.1. The van der Waals surface area contributed by atoms with E-state index in [-0.39, 0.29) is 11.8 Å². The van der Waals surface area contributed by atoms with Crippen LogP contribution in [0.1, 0.15) is 45.9 Å². The van der Waals surface area contributed by atoms with E-state index in [1.165, 1.54) is 16.9 Å². The summed E-state index contributed by atoms with van der Waals surface area (Å²) in [4.78, 5) is 17.2. The number of ketones is 1. The molecule has 4 nitrogen and oxygen atoms in total. The van der Waals surface area contributed by atoms with Gasteiger partial charge < -0.3 is 0 Å². The number of hydrogen-bond donors (Lipinski definition) is 0. The molecule has 0 spiro atoms. The van der Waals surface area contributed by atoms with Gasteiger partial charge in [-0.1, -0.05) is 72.0 Å². The van der Waals surface area contributed by atoms with E-state index in [0.717, 1.165) is 28.5 Å². The van der Waals surface area contributed by atoms with Crippen LogP contribution in [-0.4, -0.2) is 16.5 Å². The van der Waals surface area contributed by atoms with E-state index < -0.39 is 0 Å². The first-order valence-corrected chi connectivity index (χ1v) is 9.40. The standard InChI is InChI=1S/C21H19N3OS/c1-14-20(15(2)25)26-21(22-14)24-19(17-11-7-4-8-12-17)13-18(23-24)16-9-5-3-6-10-16/h3-12,19H,13H2,1-2H3. The van der Waals surface area contributed by atoms with Gasteiger partial charge in [-0.25, -0.2) is 9.99 Å². The fourth-order valence-electron chi connectivity index (χ4n) is 3.23. The van der Waals surface area contributed by atoms with Crippen LogP contribution in [0.3, 0.4) is 0 Å². The van der Waals surface area contributed by atoms with Gasteiger partial charge in [-0.3, -0.25) is 4.79 Å². The summed E-state index contributed by atoms with van der Waals surface area (Å²) in [6.45, 7) is 3.47. The second-order valence-electron chi connectivity index (χ2n) is 6.36. The molecule has 2 heterocycles. The lowest BCUT2D eigenvalue weighted by molar-refractivity contribution is 0.102. The van der Waals surface area contributed by atoms with E-state index in [1.54, 1.807) is 6.92 Å². The lowest BCUT2D eigenvalue weighted by Crippen LogP contribution is -2.18. The van der Waals surface area contributed by atoms with Gasteiger partial charge in [0, 0.05) is 13.3 Å². The number of benzene rings is 2. The van der Waals surface area contributed by atoms with Gasteiger partial charge in [0.25, 0.3) is 0 Å². The minimum atomic E-state index is 0.0500. The molecule has 0 N–H and O–H groups in total. The lowest BCUT2D eigenvalue weighted by atomic mass is 9.99. The molecule has 2 aromatic carbocycles. The number of aromatic nitrogens is 1. The quantitative estimate of drug-likeness (QED) is 0.614. The van der Waals surface area contributed by atoms with Crippen molar-refractivity contribution in [2.45, 2.75) is 26.3 Å². The highest BCUT2D eigenvalue weighted by Crippen LogP contribution is 2.39. The molecule has 130 valence electrons. The van der Waals surface area contributed by atoms with Crippen LogP contribution in [0.15, 0.2) is 65.8 Å². The van der Waals surface area contributed by atoms with Gasteiger partial charge in [0.1, 0.15) is 0 Å². The Balaban J connectivity index is 1.77. The van der Waals surface area contributed by atoms with Crippen LogP contribution in [0.2, 0.25) is 0 Å². The molecule has 0 aliphatic carbocycles. The first kappa shape index (κ1) is 16.7. The van der Waals surface area contributed by atoms with Crippen LogP contribution in [0, 0.1) is 6.92 Å². The van der Waals surface area contributed by atoms with Gasteiger partial charge in [0.2, 0.25) is 5.13 Å². The molecule has 1 aliphatic rings. The topological polar surface area (TPSA) is 45.6 Å². The van der Waals surface area contributed by atoms with Crippen LogP contribution >= 0.6 is 11.3 Å². The normalized spacial score (nSPS) is 16.6. The number of nitrogens with zero attached hydrogens (tertiary/aromatic N) is 3. The van der Waals surface area contributed by atoms with Crippen LogP contribution in [-0.2, 0) is 0 Å². The largest absolute Gasteiger partial charge is 0.294 e. The smallest absolute Gasteiger partial charge is 0.207 e. The molecule has 0 amide bonds. The Hall–Kier alpha value is -2.79. The van der Waals surface area contributed by atoms with Gasteiger partial charge in [-0.2, -0.15) is 5.10 Å². The Morgan fingerprint density at radius 3 is 2.35 bits per heavy atom. The van der Waals surface area contributed by atoms with E-state index in [9.17, 15) is 4.79 Å². The predicted molar refractivity (Wildman–Crippen MR) is 106 cm³/mol. The number of anilines is 1. The van der Waals surface area contributed by atoms with Crippen molar-refractivity contribution in [1.29, 1.82) is 0 Å². The molecular weight excluding hydrogens is 342 g/mol. The Bertz CT molecular complexity index is 963. The third-order valence-electron chi connectivity index (χ3n) is 4.50. The summed E-state index contributed by atoms with van der Waals surface area (Å²) in [6.07, 6.45) is 0.808. The maximum atomic E-state index is 11.8. The van der Waals surface area contributed by atoms with Gasteiger partial charge in [-0.15, -0.1) is 0 Å². The van der Waals surface area contributed by atoms with Crippen molar-refractivity contribution < 1.29 is 4.79 Å². The highest BCUT2D eigenvalue weighted by molar-refractivity contribution is 7.17. The Labute approximate surface area is 156 Å². The van der Waals surface area contributed by atoms with Crippen LogP contribution in [0.5, 0.6) is 0 Å². The highest BCUT2D eigenvalue weighted by Gasteiger charge is 2.32. The minimum Gasteiger partial charge on any atom is -0.294 e. The van der Waals surface area contributed by atoms with Crippen LogP contribution < -0.4 is 5.01 Å². The molecule has 1 atom stereocenters. The van der Waals surface area contributed by atoms with Gasteiger partial charge in [-0.05, 0) is 18.1 Å². The predicted octanol–water partition coefficient (Wildman–Crippen LogP) is 5.01. The number of hydrazone groups is 1. The van der Waals surface area contributed by atoms with Crippen molar-refractivity contribution in [3.63, 3.8) is 0 Å². The molecule has 0 radical (unpaired) electrons. The fourth-order valence-corrected chi connectivity index (χ4v) is 4.20. The zero-order valence-electron chi connectivity index (χ0n) is 14.7. The monoisotopic (exact) mass is 361 g/mol. The van der Waals surface area contributed by atoms with Crippen molar-refractivity contribution in [3.8, 4) is 0 Å². The molecule has 26 heavy (non-hydrogen) atoms. The first-order valence-electron chi connectivity index (χ1n) is 8.59. The number of carbonyl (C=O) groups excluding carboxylic acids is 1. The third-order valence-corrected chi connectivity index (χ3v) is 5.75. The maximum Gasteiger partial charge on any atom is 0.207 e. The number of carbonyl (C=O) groups is 1. The number of aryl methyl sites for hydroxylation is 1. The van der Waals surface area contributed by atoms with Crippen molar-refractivity contribution in [1.82, 2.24) is 4.98 Å². The van der Waals surface area contributed by atoms with E-state index in [0.29, 0.717) is 4.88 Å². The van der Waals surface area contributed by atoms with Crippen molar-refractivity contribution >= 4 is 28.0 Å². The summed E-state index contributed by atoms with van der Waals surface area (Å²) in [5, 5.41) is 7.63. The highest BCUT2D eigenvalue weighted by atomic mass is 32.1. The number of rotatable bonds is 4. The molecule has 1 unspecified atom stereocenters. The van der Waals surface area contributed by atoms with Gasteiger partial charge in [0.15, 0.2) is 5.78 Å². The molecule has 0 saturated heterocycles. The van der Waals surface area contributed by atoms with E-state index in [2.05, 4.69) is 29.2 Å². The van der Waals surface area contributed by atoms with Crippen molar-refractivity contribution in [2.24, 2.45) is 5.10 Å². The fraction of sp³-hybridized carbons (Fsp3) is 0.190. The Morgan fingerprint density at radius 2 is 1.73 bits per heavy atom. The van der Waals surface area contributed by atoms with Gasteiger partial charge >= 0.3 is 0 Å². The molecule has 1 aromatic heterocycles. The molecule has 1 aliphatic heterocycles. The SMILES string of the molecule is CC(=O)c1sc(N2N=C(c3ccccc3)CC2c2ccccc2)nc1C. The summed E-state index contributed by atoms with van der Waals surface area (Å²) in [5.74, 6) is 0.0500. The number of Topliss-reactive ketones (excluding diaryl/α,β-unsaturated/α-hetero) is 1. The van der Waals surface area contributed by atoms with E-state index >= 15 is 0 Å². The summed E-state index contributed by atoms with van der Waals surface area (Å²) >= 11 is 1.42. The summed E-state index contributed by atoms with van der Waals surface area (Å²) in [5.41, 5.74) is 4.12. The minimum absolute atomic E-state index is 0.0500. The summed E-state index contributed by atoms with van der Waals surface area (Å²) in [7, 11) is 0. The molecule has 5 heteroatoms. The average molecular weight is 361 g/mol. The number of hydrogen-bond acceptors (Lipinski definition) is 5. The summed E-state index contributed by atoms with van der Waals surface area (Å²) < 4.78 is 0. The van der Waals surface area contributed by atoms with Crippen LogP contribution in [0.4, 0.5) is 5.13 Å². The lowest BCUT2D eigenvalue weighted by Gasteiger charge is -2.21. The molecular formula is C21H19N3OS. The molecule has 0 bridgehead atoms. The van der Waals surface area contributed by atoms with E-state index in [1.807, 2.05) is 48.3 Å².